The third-order valence-electron chi connectivity index (χ3n) is 3.57. The Bertz CT molecular complexity index is 858. The van der Waals surface area contributed by atoms with Crippen LogP contribution in [0, 0.1) is 0 Å². The second-order valence-electron chi connectivity index (χ2n) is 5.16. The molecule has 1 unspecified atom stereocenters. The van der Waals surface area contributed by atoms with Gasteiger partial charge in [-0.05, 0) is 54.1 Å². The van der Waals surface area contributed by atoms with Crippen molar-refractivity contribution in [3.63, 3.8) is 0 Å². The molecule has 2 aromatic heterocycles. The van der Waals surface area contributed by atoms with Crippen LogP contribution in [0.15, 0.2) is 78.2 Å². The Morgan fingerprint density at radius 1 is 1.00 bits per heavy atom. The number of aromatic nitrogens is 2. The van der Waals surface area contributed by atoms with E-state index in [0.717, 1.165) is 5.69 Å². The summed E-state index contributed by atoms with van der Waals surface area (Å²) < 4.78 is 26.8. The lowest BCUT2D eigenvalue weighted by molar-refractivity contribution is 0.201. The van der Waals surface area contributed by atoms with Crippen molar-refractivity contribution in [1.29, 1.82) is 0 Å². The van der Waals surface area contributed by atoms with Gasteiger partial charge in [0.1, 0.15) is 0 Å². The van der Waals surface area contributed by atoms with E-state index in [0.29, 0.717) is 5.56 Å². The smallest absolute Gasteiger partial charge is 0.181 e. The van der Waals surface area contributed by atoms with Crippen LogP contribution in [0.3, 0.4) is 0 Å². The van der Waals surface area contributed by atoms with Crippen LogP contribution in [-0.2, 0) is 9.84 Å². The lowest BCUT2D eigenvalue weighted by Gasteiger charge is -2.12. The summed E-state index contributed by atoms with van der Waals surface area (Å²) in [7, 11) is -3.57. The summed E-state index contributed by atoms with van der Waals surface area (Å²) in [5, 5.41) is 10.1. The summed E-state index contributed by atoms with van der Waals surface area (Å²) in [6.07, 6.45) is 5.74. The molecule has 3 aromatic rings. The number of aliphatic hydroxyl groups excluding tert-OH is 1. The summed E-state index contributed by atoms with van der Waals surface area (Å²) in [5.41, 5.74) is 1.41. The predicted molar refractivity (Wildman–Crippen MR) is 87.0 cm³/mol. The molecule has 118 valence electrons. The van der Waals surface area contributed by atoms with Crippen molar-refractivity contribution in [2.24, 2.45) is 0 Å². The van der Waals surface area contributed by atoms with Crippen LogP contribution in [0.4, 0.5) is 0 Å². The van der Waals surface area contributed by atoms with Crippen molar-refractivity contribution in [3.8, 4) is 5.69 Å². The zero-order chi connectivity index (χ0) is 16.3. The number of rotatable bonds is 5. The fraction of sp³-hybridized carbons (Fsp3) is 0.118. The Morgan fingerprint density at radius 2 is 1.61 bits per heavy atom. The molecule has 0 fully saturated rings. The number of hydrogen-bond acceptors (Lipinski definition) is 4. The number of benzene rings is 1. The first-order valence-corrected chi connectivity index (χ1v) is 8.76. The second-order valence-corrected chi connectivity index (χ2v) is 7.20. The van der Waals surface area contributed by atoms with Crippen molar-refractivity contribution < 1.29 is 13.5 Å². The lowest BCUT2D eigenvalue weighted by Crippen LogP contribution is -2.15. The van der Waals surface area contributed by atoms with Gasteiger partial charge >= 0.3 is 0 Å². The molecule has 0 aliphatic rings. The van der Waals surface area contributed by atoms with Gasteiger partial charge in [-0.2, -0.15) is 0 Å². The molecule has 1 aromatic carbocycles. The summed E-state index contributed by atoms with van der Waals surface area (Å²) in [4.78, 5) is 4.05. The molecular formula is C17H16N2O3S. The Hall–Kier alpha value is -2.44. The van der Waals surface area contributed by atoms with Gasteiger partial charge < -0.3 is 9.67 Å². The maximum atomic E-state index is 12.4. The normalized spacial score (nSPS) is 12.9. The van der Waals surface area contributed by atoms with Crippen LogP contribution in [0.2, 0.25) is 0 Å². The number of aliphatic hydroxyl groups is 1. The van der Waals surface area contributed by atoms with Crippen molar-refractivity contribution in [2.45, 2.75) is 11.0 Å². The average molecular weight is 328 g/mol. The zero-order valence-corrected chi connectivity index (χ0v) is 13.1. The maximum Gasteiger partial charge on any atom is 0.181 e. The number of pyridine rings is 1. The molecule has 0 amide bonds. The number of hydrogen-bond donors (Lipinski definition) is 1. The first kappa shape index (κ1) is 15.5. The van der Waals surface area contributed by atoms with Crippen molar-refractivity contribution in [3.05, 3.63) is 78.9 Å². The van der Waals surface area contributed by atoms with Gasteiger partial charge in [0.15, 0.2) is 9.84 Å². The highest BCUT2D eigenvalue weighted by Gasteiger charge is 2.21. The molecule has 0 aliphatic heterocycles. The first-order chi connectivity index (χ1) is 11.1. The quantitative estimate of drug-likeness (QED) is 0.780. The van der Waals surface area contributed by atoms with E-state index < -0.39 is 15.9 Å². The van der Waals surface area contributed by atoms with Crippen molar-refractivity contribution >= 4 is 9.84 Å². The molecule has 0 aliphatic carbocycles. The van der Waals surface area contributed by atoms with Gasteiger partial charge in [-0.3, -0.25) is 4.98 Å². The van der Waals surface area contributed by atoms with E-state index in [1.54, 1.807) is 36.4 Å². The molecule has 23 heavy (non-hydrogen) atoms. The van der Waals surface area contributed by atoms with Crippen LogP contribution >= 0.6 is 0 Å². The Labute approximate surface area is 134 Å². The fourth-order valence-corrected chi connectivity index (χ4v) is 3.67. The largest absolute Gasteiger partial charge is 0.387 e. The number of sulfone groups is 1. The second kappa shape index (κ2) is 6.36. The SMILES string of the molecule is O=S(=O)(CC(O)c1ccncc1)c1ccc(-n2cccc2)cc1. The highest BCUT2D eigenvalue weighted by molar-refractivity contribution is 7.91. The van der Waals surface area contributed by atoms with E-state index in [4.69, 9.17) is 0 Å². The van der Waals surface area contributed by atoms with Gasteiger partial charge in [0, 0.05) is 30.5 Å². The molecule has 1 atom stereocenters. The van der Waals surface area contributed by atoms with Crippen LogP contribution < -0.4 is 0 Å². The molecule has 6 heteroatoms. The van der Waals surface area contributed by atoms with Crippen LogP contribution in [0.5, 0.6) is 0 Å². The monoisotopic (exact) mass is 328 g/mol. The summed E-state index contributed by atoms with van der Waals surface area (Å²) >= 11 is 0. The van der Waals surface area contributed by atoms with Crippen LogP contribution in [0.25, 0.3) is 5.69 Å². The third-order valence-corrected chi connectivity index (χ3v) is 5.31. The van der Waals surface area contributed by atoms with E-state index in [1.807, 2.05) is 29.1 Å². The van der Waals surface area contributed by atoms with E-state index in [9.17, 15) is 13.5 Å². The average Bonchev–Trinajstić information content (AvgIpc) is 3.10. The lowest BCUT2D eigenvalue weighted by atomic mass is 10.2. The highest BCUT2D eigenvalue weighted by atomic mass is 32.2. The summed E-state index contributed by atoms with van der Waals surface area (Å²) in [5.74, 6) is -0.361. The Balaban J connectivity index is 1.80. The zero-order valence-electron chi connectivity index (χ0n) is 12.3. The highest BCUT2D eigenvalue weighted by Crippen LogP contribution is 2.20. The predicted octanol–water partition coefficient (Wildman–Crippen LogP) is 2.38. The topological polar surface area (TPSA) is 72.2 Å². The standard InChI is InChI=1S/C17H16N2O3S/c20-17(14-7-9-18-10-8-14)13-23(21,22)16-5-3-15(4-6-16)19-11-1-2-12-19/h1-12,17,20H,13H2. The maximum absolute atomic E-state index is 12.4. The molecular weight excluding hydrogens is 312 g/mol. The molecule has 5 nitrogen and oxygen atoms in total. The molecule has 1 N–H and O–H groups in total. The minimum Gasteiger partial charge on any atom is -0.387 e. The summed E-state index contributed by atoms with van der Waals surface area (Å²) in [6.45, 7) is 0. The van der Waals surface area contributed by atoms with E-state index in [2.05, 4.69) is 4.98 Å². The fourth-order valence-electron chi connectivity index (χ4n) is 2.32. The van der Waals surface area contributed by atoms with Gasteiger partial charge in [-0.15, -0.1) is 0 Å². The van der Waals surface area contributed by atoms with Crippen molar-refractivity contribution in [2.75, 3.05) is 5.75 Å². The minimum absolute atomic E-state index is 0.196. The minimum atomic E-state index is -3.57. The Morgan fingerprint density at radius 3 is 2.22 bits per heavy atom. The van der Waals surface area contributed by atoms with E-state index in [-0.39, 0.29) is 10.6 Å². The Kier molecular flexibility index (Phi) is 4.27. The van der Waals surface area contributed by atoms with Crippen molar-refractivity contribution in [1.82, 2.24) is 9.55 Å². The van der Waals surface area contributed by atoms with Crippen LogP contribution in [-0.4, -0.2) is 28.8 Å². The molecule has 0 bridgehead atoms. The molecule has 0 radical (unpaired) electrons. The number of nitrogens with zero attached hydrogens (tertiary/aromatic N) is 2. The van der Waals surface area contributed by atoms with Gasteiger partial charge in [0.25, 0.3) is 0 Å². The van der Waals surface area contributed by atoms with Gasteiger partial charge in [0.2, 0.25) is 0 Å². The van der Waals surface area contributed by atoms with Gasteiger partial charge in [0.05, 0.1) is 16.8 Å². The van der Waals surface area contributed by atoms with E-state index >= 15 is 0 Å². The van der Waals surface area contributed by atoms with Gasteiger partial charge in [-0.25, -0.2) is 8.42 Å². The first-order valence-electron chi connectivity index (χ1n) is 7.10. The van der Waals surface area contributed by atoms with Crippen LogP contribution in [0.1, 0.15) is 11.7 Å². The van der Waals surface area contributed by atoms with E-state index in [1.165, 1.54) is 12.4 Å². The molecule has 0 saturated heterocycles. The summed E-state index contributed by atoms with van der Waals surface area (Å²) in [6, 6.07) is 13.6. The third kappa shape index (κ3) is 3.49. The van der Waals surface area contributed by atoms with Gasteiger partial charge in [-0.1, -0.05) is 0 Å². The molecule has 0 saturated carbocycles. The molecule has 2 heterocycles. The molecule has 3 rings (SSSR count). The molecule has 0 spiro atoms.